The third-order valence-electron chi connectivity index (χ3n) is 3.39. The molecule has 1 fully saturated rings. The molecule has 1 atom stereocenters. The van der Waals surface area contributed by atoms with E-state index in [0.717, 1.165) is 25.3 Å². The largest absolute Gasteiger partial charge is 0.492 e. The number of ether oxygens (including phenoxy) is 1. The summed E-state index contributed by atoms with van der Waals surface area (Å²) in [4.78, 5) is 13.8. The molecule has 1 unspecified atom stereocenters. The van der Waals surface area contributed by atoms with E-state index in [1.165, 1.54) is 6.42 Å². The van der Waals surface area contributed by atoms with Crippen molar-refractivity contribution in [3.05, 3.63) is 29.3 Å². The Balaban J connectivity index is 1.66. The predicted molar refractivity (Wildman–Crippen MR) is 80.3 cm³/mol. The summed E-state index contributed by atoms with van der Waals surface area (Å²) in [6.45, 7) is 4.82. The van der Waals surface area contributed by atoms with Gasteiger partial charge in [-0.3, -0.25) is 0 Å². The number of nitrogens with one attached hydrogen (secondary N) is 1. The third kappa shape index (κ3) is 4.60. The quantitative estimate of drug-likeness (QED) is 0.867. The highest BCUT2D eigenvalue weighted by Gasteiger charge is 2.20. The summed E-state index contributed by atoms with van der Waals surface area (Å²) in [5, 5.41) is 3.53. The average Bonchev–Trinajstić information content (AvgIpc) is 2.43. The van der Waals surface area contributed by atoms with Crippen LogP contribution in [0.1, 0.15) is 19.8 Å². The van der Waals surface area contributed by atoms with Crippen LogP contribution in [0.4, 0.5) is 4.79 Å². The average molecular weight is 297 g/mol. The van der Waals surface area contributed by atoms with Gasteiger partial charge >= 0.3 is 6.03 Å². The van der Waals surface area contributed by atoms with Crippen LogP contribution in [0.2, 0.25) is 5.02 Å². The maximum atomic E-state index is 11.9. The number of halogens is 1. The zero-order valence-electron chi connectivity index (χ0n) is 11.8. The molecule has 0 saturated carbocycles. The second kappa shape index (κ2) is 7.39. The molecule has 1 aliphatic rings. The minimum Gasteiger partial charge on any atom is -0.492 e. The summed E-state index contributed by atoms with van der Waals surface area (Å²) in [6.07, 6.45) is 2.30. The van der Waals surface area contributed by atoms with Crippen LogP contribution in [-0.2, 0) is 0 Å². The lowest BCUT2D eigenvalue weighted by Gasteiger charge is -2.30. The van der Waals surface area contributed by atoms with E-state index in [-0.39, 0.29) is 6.03 Å². The van der Waals surface area contributed by atoms with E-state index in [1.807, 2.05) is 17.0 Å². The molecule has 2 amide bonds. The monoisotopic (exact) mass is 296 g/mol. The Hall–Kier alpha value is -1.42. The van der Waals surface area contributed by atoms with Gasteiger partial charge in [-0.1, -0.05) is 24.6 Å². The highest BCUT2D eigenvalue weighted by Crippen LogP contribution is 2.17. The summed E-state index contributed by atoms with van der Waals surface area (Å²) in [5.41, 5.74) is 0. The van der Waals surface area contributed by atoms with Gasteiger partial charge in [0.2, 0.25) is 0 Å². The molecule has 0 aliphatic carbocycles. The van der Waals surface area contributed by atoms with Crippen molar-refractivity contribution in [2.75, 3.05) is 26.2 Å². The van der Waals surface area contributed by atoms with Crippen LogP contribution in [0.3, 0.4) is 0 Å². The van der Waals surface area contributed by atoms with Crippen LogP contribution in [-0.4, -0.2) is 37.2 Å². The molecule has 1 heterocycles. The third-order valence-corrected chi connectivity index (χ3v) is 3.62. The molecule has 2 rings (SSSR count). The molecule has 5 heteroatoms. The number of carbonyl (C=O) groups excluding carboxylic acids is 1. The number of carbonyl (C=O) groups is 1. The Labute approximate surface area is 125 Å². The van der Waals surface area contributed by atoms with E-state index >= 15 is 0 Å². The van der Waals surface area contributed by atoms with Gasteiger partial charge < -0.3 is 15.0 Å². The summed E-state index contributed by atoms with van der Waals surface area (Å²) >= 11 is 5.87. The number of rotatable bonds is 4. The molecule has 1 aromatic rings. The zero-order chi connectivity index (χ0) is 14.4. The lowest BCUT2D eigenvalue weighted by Crippen LogP contribution is -2.45. The van der Waals surface area contributed by atoms with Crippen LogP contribution in [0, 0.1) is 5.92 Å². The fraction of sp³-hybridized carbons (Fsp3) is 0.533. The van der Waals surface area contributed by atoms with E-state index in [1.54, 1.807) is 12.1 Å². The van der Waals surface area contributed by atoms with Crippen molar-refractivity contribution in [1.82, 2.24) is 10.2 Å². The number of piperidine rings is 1. The van der Waals surface area contributed by atoms with Gasteiger partial charge in [0.25, 0.3) is 0 Å². The van der Waals surface area contributed by atoms with Crippen LogP contribution in [0.15, 0.2) is 24.3 Å². The van der Waals surface area contributed by atoms with Gasteiger partial charge in [0, 0.05) is 18.1 Å². The van der Waals surface area contributed by atoms with Crippen molar-refractivity contribution < 1.29 is 9.53 Å². The van der Waals surface area contributed by atoms with Crippen molar-refractivity contribution in [3.8, 4) is 5.75 Å². The first-order valence-electron chi connectivity index (χ1n) is 7.06. The van der Waals surface area contributed by atoms with E-state index in [0.29, 0.717) is 24.1 Å². The number of amides is 2. The Kier molecular flexibility index (Phi) is 5.53. The molecular formula is C15H21ClN2O2. The molecule has 1 saturated heterocycles. The molecule has 1 aliphatic heterocycles. The lowest BCUT2D eigenvalue weighted by molar-refractivity contribution is 0.168. The van der Waals surface area contributed by atoms with Gasteiger partial charge in [0.15, 0.2) is 0 Å². The Morgan fingerprint density at radius 3 is 3.15 bits per heavy atom. The molecule has 0 bridgehead atoms. The number of urea groups is 1. The predicted octanol–water partition coefficient (Wildman–Crippen LogP) is 3.16. The highest BCUT2D eigenvalue weighted by atomic mass is 35.5. The Morgan fingerprint density at radius 1 is 1.55 bits per heavy atom. The normalized spacial score (nSPS) is 18.7. The van der Waals surface area contributed by atoms with Gasteiger partial charge in [-0.05, 0) is 37.0 Å². The van der Waals surface area contributed by atoms with Gasteiger partial charge in [-0.2, -0.15) is 0 Å². The number of nitrogens with zero attached hydrogens (tertiary/aromatic N) is 1. The summed E-state index contributed by atoms with van der Waals surface area (Å²) in [7, 11) is 0. The summed E-state index contributed by atoms with van der Waals surface area (Å²) < 4.78 is 5.53. The van der Waals surface area contributed by atoms with Crippen molar-refractivity contribution in [2.45, 2.75) is 19.8 Å². The summed E-state index contributed by atoms with van der Waals surface area (Å²) in [6, 6.07) is 7.25. The molecule has 20 heavy (non-hydrogen) atoms. The fourth-order valence-corrected chi connectivity index (χ4v) is 2.55. The van der Waals surface area contributed by atoms with Crippen molar-refractivity contribution >= 4 is 17.6 Å². The van der Waals surface area contributed by atoms with Crippen LogP contribution < -0.4 is 10.1 Å². The Bertz CT molecular complexity index is 453. The van der Waals surface area contributed by atoms with Crippen molar-refractivity contribution in [1.29, 1.82) is 0 Å². The second-order valence-corrected chi connectivity index (χ2v) is 5.67. The van der Waals surface area contributed by atoms with E-state index in [9.17, 15) is 4.79 Å². The van der Waals surface area contributed by atoms with E-state index in [2.05, 4.69) is 12.2 Å². The van der Waals surface area contributed by atoms with Gasteiger partial charge in [-0.25, -0.2) is 4.79 Å². The topological polar surface area (TPSA) is 41.6 Å². The number of hydrogen-bond acceptors (Lipinski definition) is 2. The molecular weight excluding hydrogens is 276 g/mol. The lowest BCUT2D eigenvalue weighted by atomic mass is 10.0. The first kappa shape index (κ1) is 15.0. The molecule has 4 nitrogen and oxygen atoms in total. The number of benzene rings is 1. The maximum Gasteiger partial charge on any atom is 0.317 e. The van der Waals surface area contributed by atoms with Crippen LogP contribution in [0.25, 0.3) is 0 Å². The van der Waals surface area contributed by atoms with E-state index < -0.39 is 0 Å². The van der Waals surface area contributed by atoms with Crippen LogP contribution >= 0.6 is 11.6 Å². The molecule has 1 N–H and O–H groups in total. The zero-order valence-corrected chi connectivity index (χ0v) is 12.5. The first-order chi connectivity index (χ1) is 9.65. The first-order valence-corrected chi connectivity index (χ1v) is 7.44. The minimum atomic E-state index is 0.00578. The fourth-order valence-electron chi connectivity index (χ4n) is 2.37. The highest BCUT2D eigenvalue weighted by molar-refractivity contribution is 6.30. The molecule has 0 spiro atoms. The van der Waals surface area contributed by atoms with Crippen molar-refractivity contribution in [3.63, 3.8) is 0 Å². The minimum absolute atomic E-state index is 0.00578. The smallest absolute Gasteiger partial charge is 0.317 e. The SMILES string of the molecule is CC1CCCN(C(=O)NCCOc2cccc(Cl)c2)C1. The maximum absolute atomic E-state index is 11.9. The summed E-state index contributed by atoms with van der Waals surface area (Å²) in [5.74, 6) is 1.32. The standard InChI is InChI=1S/C15H21ClN2O2/c1-12-4-3-8-18(11-12)15(19)17-7-9-20-14-6-2-5-13(16)10-14/h2,5-6,10,12H,3-4,7-9,11H2,1H3,(H,17,19). The second-order valence-electron chi connectivity index (χ2n) is 5.23. The van der Waals surface area contributed by atoms with Gasteiger partial charge in [0.1, 0.15) is 12.4 Å². The van der Waals surface area contributed by atoms with Crippen molar-refractivity contribution in [2.24, 2.45) is 5.92 Å². The van der Waals surface area contributed by atoms with Gasteiger partial charge in [-0.15, -0.1) is 0 Å². The molecule has 110 valence electrons. The molecule has 0 aromatic heterocycles. The number of hydrogen-bond donors (Lipinski definition) is 1. The molecule has 1 aromatic carbocycles. The van der Waals surface area contributed by atoms with Gasteiger partial charge in [0.05, 0.1) is 6.54 Å². The van der Waals surface area contributed by atoms with E-state index in [4.69, 9.17) is 16.3 Å². The number of likely N-dealkylation sites (tertiary alicyclic amines) is 1. The van der Waals surface area contributed by atoms with Crippen LogP contribution in [0.5, 0.6) is 5.75 Å². The molecule has 0 radical (unpaired) electrons. The Morgan fingerprint density at radius 2 is 2.40 bits per heavy atom.